The average molecular weight is 504 g/mol. The molecule has 2 saturated heterocycles. The van der Waals surface area contributed by atoms with Gasteiger partial charge in [-0.05, 0) is 79.1 Å². The molecule has 0 atom stereocenters. The van der Waals surface area contributed by atoms with Gasteiger partial charge in [-0.2, -0.15) is 0 Å². The molecule has 2 fully saturated rings. The number of aromatic nitrogens is 2. The SMILES string of the molecule is CC1CCN(c2ccc(CN3CCC(NC(=O)c4ccc(Cl)c(-c5ccncc5)c4)CC3)cn2)CC1. The first-order valence-corrected chi connectivity index (χ1v) is 13.4. The molecule has 36 heavy (non-hydrogen) atoms. The Hall–Kier alpha value is -2.96. The van der Waals surface area contributed by atoms with Crippen LogP contribution in [0.25, 0.3) is 11.1 Å². The van der Waals surface area contributed by atoms with E-state index in [0.29, 0.717) is 10.6 Å². The second-order valence-electron chi connectivity index (χ2n) is 10.1. The van der Waals surface area contributed by atoms with Crippen LogP contribution in [0.1, 0.15) is 48.5 Å². The molecule has 2 aromatic heterocycles. The van der Waals surface area contributed by atoms with Crippen molar-refractivity contribution in [1.82, 2.24) is 20.2 Å². The lowest BCUT2D eigenvalue weighted by Crippen LogP contribution is -2.44. The van der Waals surface area contributed by atoms with Gasteiger partial charge in [-0.3, -0.25) is 14.7 Å². The minimum Gasteiger partial charge on any atom is -0.357 e. The molecule has 2 aliphatic heterocycles. The molecule has 188 valence electrons. The first-order chi connectivity index (χ1) is 17.5. The van der Waals surface area contributed by atoms with Gasteiger partial charge in [0.25, 0.3) is 5.91 Å². The van der Waals surface area contributed by atoms with Crippen LogP contribution in [-0.2, 0) is 6.54 Å². The van der Waals surface area contributed by atoms with E-state index in [0.717, 1.165) is 68.4 Å². The molecule has 1 N–H and O–H groups in total. The molecule has 0 spiro atoms. The summed E-state index contributed by atoms with van der Waals surface area (Å²) in [6.07, 6.45) is 9.86. The molecular weight excluding hydrogens is 470 g/mol. The monoisotopic (exact) mass is 503 g/mol. The smallest absolute Gasteiger partial charge is 0.251 e. The Kier molecular flexibility index (Phi) is 7.83. The standard InChI is InChI=1S/C29H34ClN5O/c1-21-8-16-35(17-9-21)28-5-2-22(19-32-28)20-34-14-10-25(11-15-34)33-29(36)24-3-4-27(30)26(18-24)23-6-12-31-13-7-23/h2-7,12-13,18-19,21,25H,8-11,14-17,20H2,1H3,(H,33,36). The largest absolute Gasteiger partial charge is 0.357 e. The minimum atomic E-state index is -0.0488. The summed E-state index contributed by atoms with van der Waals surface area (Å²) in [6.45, 7) is 7.36. The van der Waals surface area contributed by atoms with Gasteiger partial charge in [-0.1, -0.05) is 24.6 Å². The number of anilines is 1. The van der Waals surface area contributed by atoms with Gasteiger partial charge in [0.2, 0.25) is 0 Å². The second kappa shape index (κ2) is 11.4. The predicted molar refractivity (Wildman–Crippen MR) is 145 cm³/mol. The zero-order chi connectivity index (χ0) is 24.9. The van der Waals surface area contributed by atoms with Crippen molar-refractivity contribution < 1.29 is 4.79 Å². The Morgan fingerprint density at radius 2 is 1.75 bits per heavy atom. The summed E-state index contributed by atoms with van der Waals surface area (Å²) in [5.74, 6) is 1.87. The van der Waals surface area contributed by atoms with E-state index in [1.807, 2.05) is 24.4 Å². The van der Waals surface area contributed by atoms with Gasteiger partial charge >= 0.3 is 0 Å². The van der Waals surface area contributed by atoms with Crippen LogP contribution in [0, 0.1) is 5.92 Å². The number of nitrogens with one attached hydrogen (secondary N) is 1. The number of nitrogens with zero attached hydrogens (tertiary/aromatic N) is 4. The Balaban J connectivity index is 1.11. The summed E-state index contributed by atoms with van der Waals surface area (Å²) in [5.41, 5.74) is 3.67. The number of hydrogen-bond donors (Lipinski definition) is 1. The van der Waals surface area contributed by atoms with Crippen molar-refractivity contribution in [3.63, 3.8) is 0 Å². The Bertz CT molecular complexity index is 1150. The van der Waals surface area contributed by atoms with E-state index >= 15 is 0 Å². The van der Waals surface area contributed by atoms with Gasteiger partial charge < -0.3 is 10.2 Å². The van der Waals surface area contributed by atoms with Gasteiger partial charge in [0.05, 0.1) is 0 Å². The quantitative estimate of drug-likeness (QED) is 0.486. The van der Waals surface area contributed by atoms with Crippen LogP contribution in [0.15, 0.2) is 61.1 Å². The lowest BCUT2D eigenvalue weighted by Gasteiger charge is -2.33. The van der Waals surface area contributed by atoms with E-state index in [9.17, 15) is 4.79 Å². The average Bonchev–Trinajstić information content (AvgIpc) is 2.91. The van der Waals surface area contributed by atoms with Gasteiger partial charge in [-0.25, -0.2) is 4.98 Å². The Morgan fingerprint density at radius 3 is 2.44 bits per heavy atom. The zero-order valence-corrected chi connectivity index (χ0v) is 21.6. The van der Waals surface area contributed by atoms with Crippen LogP contribution in [0.4, 0.5) is 5.82 Å². The summed E-state index contributed by atoms with van der Waals surface area (Å²) in [5, 5.41) is 3.85. The van der Waals surface area contributed by atoms with Crippen LogP contribution in [0.5, 0.6) is 0 Å². The third-order valence-electron chi connectivity index (χ3n) is 7.47. The van der Waals surface area contributed by atoms with E-state index in [1.54, 1.807) is 24.5 Å². The summed E-state index contributed by atoms with van der Waals surface area (Å²) in [4.78, 5) is 26.6. The van der Waals surface area contributed by atoms with Crippen molar-refractivity contribution in [2.45, 2.75) is 45.2 Å². The Labute approximate surface area is 218 Å². The maximum atomic E-state index is 13.0. The number of halogens is 1. The van der Waals surface area contributed by atoms with Crippen LogP contribution in [0.2, 0.25) is 5.02 Å². The highest BCUT2D eigenvalue weighted by atomic mass is 35.5. The minimum absolute atomic E-state index is 0.0488. The number of piperidine rings is 2. The first kappa shape index (κ1) is 24.7. The second-order valence-corrected chi connectivity index (χ2v) is 10.6. The summed E-state index contributed by atoms with van der Waals surface area (Å²) < 4.78 is 0. The molecule has 2 aliphatic rings. The summed E-state index contributed by atoms with van der Waals surface area (Å²) in [6, 6.07) is 13.8. The van der Waals surface area contributed by atoms with Gasteiger partial charge in [0.1, 0.15) is 5.82 Å². The normalized spacial score (nSPS) is 17.8. The number of carbonyl (C=O) groups excluding carboxylic acids is 1. The first-order valence-electron chi connectivity index (χ1n) is 13.0. The van der Waals surface area contributed by atoms with E-state index in [-0.39, 0.29) is 11.9 Å². The number of likely N-dealkylation sites (tertiary alicyclic amines) is 1. The van der Waals surface area contributed by atoms with E-state index < -0.39 is 0 Å². The number of pyridine rings is 2. The number of hydrogen-bond acceptors (Lipinski definition) is 5. The Morgan fingerprint density at radius 1 is 1.00 bits per heavy atom. The van der Waals surface area contributed by atoms with Crippen molar-refractivity contribution >= 4 is 23.3 Å². The number of rotatable bonds is 6. The topological polar surface area (TPSA) is 61.4 Å². The summed E-state index contributed by atoms with van der Waals surface area (Å²) in [7, 11) is 0. The molecule has 5 rings (SSSR count). The van der Waals surface area contributed by atoms with E-state index in [4.69, 9.17) is 16.6 Å². The number of amides is 1. The van der Waals surface area contributed by atoms with Gasteiger partial charge in [0, 0.05) is 73.5 Å². The maximum absolute atomic E-state index is 13.0. The number of carbonyl (C=O) groups is 1. The molecule has 0 unspecified atom stereocenters. The lowest BCUT2D eigenvalue weighted by molar-refractivity contribution is 0.0909. The third kappa shape index (κ3) is 6.05. The molecule has 0 saturated carbocycles. The van der Waals surface area contributed by atoms with Crippen LogP contribution in [-0.4, -0.2) is 53.0 Å². The molecular formula is C29H34ClN5O. The van der Waals surface area contributed by atoms with Crippen molar-refractivity contribution in [1.29, 1.82) is 0 Å². The van der Waals surface area contributed by atoms with Crippen LogP contribution in [0.3, 0.4) is 0 Å². The van der Waals surface area contributed by atoms with Crippen molar-refractivity contribution in [2.24, 2.45) is 5.92 Å². The third-order valence-corrected chi connectivity index (χ3v) is 7.80. The van der Waals surface area contributed by atoms with Gasteiger partial charge in [-0.15, -0.1) is 0 Å². The molecule has 6 nitrogen and oxygen atoms in total. The molecule has 1 aromatic carbocycles. The van der Waals surface area contributed by atoms with Gasteiger partial charge in [0.15, 0.2) is 0 Å². The fraction of sp³-hybridized carbons (Fsp3) is 0.414. The van der Waals surface area contributed by atoms with Crippen molar-refractivity contribution in [3.8, 4) is 11.1 Å². The van der Waals surface area contributed by atoms with Crippen LogP contribution < -0.4 is 10.2 Å². The lowest BCUT2D eigenvalue weighted by atomic mass is 9.99. The highest BCUT2D eigenvalue weighted by molar-refractivity contribution is 6.33. The molecule has 3 aromatic rings. The van der Waals surface area contributed by atoms with Crippen molar-refractivity contribution in [2.75, 3.05) is 31.1 Å². The number of benzene rings is 1. The molecule has 0 bridgehead atoms. The van der Waals surface area contributed by atoms with E-state index in [1.165, 1.54) is 18.4 Å². The molecule has 7 heteroatoms. The van der Waals surface area contributed by atoms with E-state index in [2.05, 4.69) is 39.2 Å². The molecule has 1 amide bonds. The summed E-state index contributed by atoms with van der Waals surface area (Å²) >= 11 is 6.40. The fourth-order valence-electron chi connectivity index (χ4n) is 5.12. The molecule has 0 aliphatic carbocycles. The van der Waals surface area contributed by atoms with Crippen molar-refractivity contribution in [3.05, 3.63) is 77.2 Å². The highest BCUT2D eigenvalue weighted by Crippen LogP contribution is 2.29. The zero-order valence-electron chi connectivity index (χ0n) is 20.9. The molecule has 4 heterocycles. The maximum Gasteiger partial charge on any atom is 0.251 e. The van der Waals surface area contributed by atoms with Crippen LogP contribution >= 0.6 is 11.6 Å². The highest BCUT2D eigenvalue weighted by Gasteiger charge is 2.22. The fourth-order valence-corrected chi connectivity index (χ4v) is 5.34. The molecule has 0 radical (unpaired) electrons. The predicted octanol–water partition coefficient (Wildman–Crippen LogP) is 5.43.